The number of nitrogens with zero attached hydrogens (tertiary/aromatic N) is 2. The van der Waals surface area contributed by atoms with Gasteiger partial charge in [0.15, 0.2) is 14.5 Å². The monoisotopic (exact) mass is 580 g/mol. The fourth-order valence-corrected chi connectivity index (χ4v) is 6.17. The summed E-state index contributed by atoms with van der Waals surface area (Å²) in [4.78, 5) is 44.0. The number of amides is 2. The number of carbonyl (C=O) groups excluding carboxylic acids is 3. The van der Waals surface area contributed by atoms with Crippen LogP contribution in [0.3, 0.4) is 0 Å². The summed E-state index contributed by atoms with van der Waals surface area (Å²) < 4.78 is 23.9. The van der Waals surface area contributed by atoms with Gasteiger partial charge in [0.2, 0.25) is 0 Å². The Morgan fingerprint density at radius 2 is 1.83 bits per heavy atom. The van der Waals surface area contributed by atoms with Crippen LogP contribution in [0.2, 0.25) is 18.1 Å². The Labute approximate surface area is 243 Å². The van der Waals surface area contributed by atoms with Crippen LogP contribution in [0.15, 0.2) is 55.1 Å². The minimum absolute atomic E-state index is 0.00768. The summed E-state index contributed by atoms with van der Waals surface area (Å²) in [5.74, 6) is -0.255. The lowest BCUT2D eigenvalue weighted by Crippen LogP contribution is -2.58. The Kier molecular flexibility index (Phi) is 8.65. The zero-order valence-corrected chi connectivity index (χ0v) is 25.9. The van der Waals surface area contributed by atoms with Gasteiger partial charge in [0.25, 0.3) is 5.91 Å². The topological polar surface area (TPSA) is 94.6 Å². The number of hydrogen-bond donors (Lipinski definition) is 0. The van der Waals surface area contributed by atoms with Gasteiger partial charge in [-0.25, -0.2) is 14.5 Å². The quantitative estimate of drug-likeness (QED) is 0.227. The van der Waals surface area contributed by atoms with E-state index in [0.717, 1.165) is 5.56 Å². The first kappa shape index (κ1) is 30.3. The number of ether oxygens (including phenoxy) is 3. The maximum absolute atomic E-state index is 14.2. The lowest BCUT2D eigenvalue weighted by atomic mass is 10.1. The van der Waals surface area contributed by atoms with Crippen molar-refractivity contribution in [3.05, 3.63) is 71.8 Å². The zero-order chi connectivity index (χ0) is 30.1. The normalized spacial score (nSPS) is 20.6. The summed E-state index contributed by atoms with van der Waals surface area (Å²) in [5, 5.41) is -0.193. The van der Waals surface area contributed by atoms with E-state index in [1.165, 1.54) is 18.1 Å². The average molecular weight is 581 g/mol. The van der Waals surface area contributed by atoms with Crippen LogP contribution in [0, 0.1) is 6.92 Å². The van der Waals surface area contributed by atoms with E-state index < -0.39 is 38.8 Å². The van der Waals surface area contributed by atoms with E-state index in [4.69, 9.17) is 18.6 Å². The second-order valence-corrected chi connectivity index (χ2v) is 16.8. The molecule has 0 bridgehead atoms. The number of aryl methyl sites for hydroxylation is 1. The molecule has 2 aromatic rings. The van der Waals surface area contributed by atoms with Gasteiger partial charge in [-0.1, -0.05) is 51.6 Å². The number of fused-ring (bicyclic) bond motifs is 2. The molecule has 41 heavy (non-hydrogen) atoms. The molecule has 2 aromatic carbocycles. The van der Waals surface area contributed by atoms with Crippen LogP contribution in [0.4, 0.5) is 10.5 Å². The van der Waals surface area contributed by atoms with E-state index in [1.54, 1.807) is 41.3 Å². The molecule has 0 aromatic heterocycles. The maximum atomic E-state index is 14.2. The highest BCUT2D eigenvalue weighted by molar-refractivity contribution is 6.74. The second kappa shape index (κ2) is 11.7. The van der Waals surface area contributed by atoms with Crippen molar-refractivity contribution in [2.24, 2.45) is 0 Å². The molecule has 2 amide bonds. The average Bonchev–Trinajstić information content (AvgIpc) is 3.31. The van der Waals surface area contributed by atoms with Gasteiger partial charge < -0.3 is 23.5 Å². The van der Waals surface area contributed by atoms with E-state index in [0.29, 0.717) is 23.4 Å². The number of methoxy groups -OCH3 is 1. The molecule has 1 fully saturated rings. The van der Waals surface area contributed by atoms with Gasteiger partial charge in [-0.3, -0.25) is 4.79 Å². The largest absolute Gasteiger partial charge is 0.496 e. The molecule has 2 aliphatic rings. The summed E-state index contributed by atoms with van der Waals surface area (Å²) >= 11 is 0. The highest BCUT2D eigenvalue weighted by Crippen LogP contribution is 2.44. The molecule has 2 heterocycles. The molecule has 0 radical (unpaired) electrons. The third-order valence-corrected chi connectivity index (χ3v) is 12.6. The molecule has 4 rings (SSSR count). The Hall–Kier alpha value is -3.63. The van der Waals surface area contributed by atoms with Crippen molar-refractivity contribution in [1.29, 1.82) is 0 Å². The molecular weight excluding hydrogens is 540 g/mol. The Morgan fingerprint density at radius 3 is 2.44 bits per heavy atom. The lowest BCUT2D eigenvalue weighted by molar-refractivity contribution is 0.0314. The third kappa shape index (κ3) is 6.03. The minimum atomic E-state index is -2.51. The van der Waals surface area contributed by atoms with Gasteiger partial charge in [-0.05, 0) is 54.9 Å². The van der Waals surface area contributed by atoms with Crippen LogP contribution in [-0.4, -0.2) is 69.8 Å². The lowest BCUT2D eigenvalue weighted by Gasteiger charge is -2.44. The number of esters is 1. The predicted molar refractivity (Wildman–Crippen MR) is 159 cm³/mol. The van der Waals surface area contributed by atoms with Gasteiger partial charge in [-0.2, -0.15) is 0 Å². The molecule has 3 atom stereocenters. The molecule has 0 saturated carbocycles. The van der Waals surface area contributed by atoms with Crippen molar-refractivity contribution in [3.63, 3.8) is 0 Å². The smallest absolute Gasteiger partial charge is 0.416 e. The van der Waals surface area contributed by atoms with Gasteiger partial charge in [0.1, 0.15) is 18.5 Å². The van der Waals surface area contributed by atoms with Crippen molar-refractivity contribution in [2.75, 3.05) is 25.2 Å². The third-order valence-electron chi connectivity index (χ3n) is 8.18. The van der Waals surface area contributed by atoms with Crippen molar-refractivity contribution in [1.82, 2.24) is 4.90 Å². The molecule has 9 nitrogen and oxygen atoms in total. The van der Waals surface area contributed by atoms with Crippen LogP contribution in [-0.2, 0) is 13.9 Å². The van der Waals surface area contributed by atoms with E-state index in [1.807, 2.05) is 13.0 Å². The highest BCUT2D eigenvalue weighted by atomic mass is 28.4. The standard InChI is InChI=1S/C31H40N2O7Si/c1-9-15-38-30(36)33-24-16-20(2)26(37-6)18-23(24)27(34)32-19-22(39-29(35)21-13-11-10-12-14-21)17-25(32)28(33)40-41(7,8)31(3,4)5/h9-14,16,18,22,25,28H,1,15,17,19H2,2-8H3/t22-,25-,28-/m0/s1. The summed E-state index contributed by atoms with van der Waals surface area (Å²) in [7, 11) is -0.980. The van der Waals surface area contributed by atoms with Crippen LogP contribution in [0.1, 0.15) is 53.5 Å². The first-order valence-electron chi connectivity index (χ1n) is 13.8. The zero-order valence-electron chi connectivity index (χ0n) is 24.9. The maximum Gasteiger partial charge on any atom is 0.416 e. The molecule has 0 N–H and O–H groups in total. The van der Waals surface area contributed by atoms with Crippen molar-refractivity contribution in [2.45, 2.75) is 70.6 Å². The van der Waals surface area contributed by atoms with E-state index in [2.05, 4.69) is 40.4 Å². The number of rotatable bonds is 7. The van der Waals surface area contributed by atoms with Gasteiger partial charge in [0, 0.05) is 6.42 Å². The number of carbonyl (C=O) groups is 3. The molecule has 1 saturated heterocycles. The number of anilines is 1. The Balaban J connectivity index is 1.83. The highest BCUT2D eigenvalue weighted by Gasteiger charge is 2.53. The first-order chi connectivity index (χ1) is 19.3. The summed E-state index contributed by atoms with van der Waals surface area (Å²) in [5.41, 5.74) is 1.85. The van der Waals surface area contributed by atoms with Crippen LogP contribution in [0.25, 0.3) is 0 Å². The van der Waals surface area contributed by atoms with Crippen molar-refractivity contribution >= 4 is 32.0 Å². The van der Waals surface area contributed by atoms with E-state index in [9.17, 15) is 14.4 Å². The van der Waals surface area contributed by atoms with Crippen molar-refractivity contribution < 1.29 is 33.0 Å². The Morgan fingerprint density at radius 1 is 1.15 bits per heavy atom. The Bertz CT molecular complexity index is 1320. The van der Waals surface area contributed by atoms with Gasteiger partial charge in [0.05, 0.1) is 36.5 Å². The van der Waals surface area contributed by atoms with E-state index >= 15 is 0 Å². The fourth-order valence-electron chi connectivity index (χ4n) is 4.95. The SMILES string of the molecule is C=CCOC(=O)N1c2cc(C)c(OC)cc2C(=O)N2C[C@@H](OC(=O)c3ccccc3)C[C@H]2[C@@H]1O[Si](C)(C)C(C)(C)C. The molecular formula is C31H40N2O7Si. The summed E-state index contributed by atoms with van der Waals surface area (Å²) in [6, 6.07) is 11.5. The number of hydrogen-bond acceptors (Lipinski definition) is 7. The molecule has 0 unspecified atom stereocenters. The number of benzene rings is 2. The van der Waals surface area contributed by atoms with Crippen molar-refractivity contribution in [3.8, 4) is 5.75 Å². The first-order valence-corrected chi connectivity index (χ1v) is 16.7. The van der Waals surface area contributed by atoms with E-state index in [-0.39, 0.29) is 29.7 Å². The summed E-state index contributed by atoms with van der Waals surface area (Å²) in [6.45, 7) is 16.2. The molecule has 2 aliphatic heterocycles. The molecule has 10 heteroatoms. The minimum Gasteiger partial charge on any atom is -0.496 e. The van der Waals surface area contributed by atoms with Crippen LogP contribution < -0.4 is 9.64 Å². The molecule has 0 aliphatic carbocycles. The second-order valence-electron chi connectivity index (χ2n) is 12.0. The van der Waals surface area contributed by atoms with Gasteiger partial charge in [-0.15, -0.1) is 0 Å². The van der Waals surface area contributed by atoms with Crippen LogP contribution >= 0.6 is 0 Å². The van der Waals surface area contributed by atoms with Crippen LogP contribution in [0.5, 0.6) is 5.75 Å². The summed E-state index contributed by atoms with van der Waals surface area (Å²) in [6.07, 6.45) is -0.350. The molecule has 220 valence electrons. The van der Waals surface area contributed by atoms with Gasteiger partial charge >= 0.3 is 12.1 Å². The predicted octanol–water partition coefficient (Wildman–Crippen LogP) is 5.93. The fraction of sp³-hybridized carbons (Fsp3) is 0.452. The molecule has 0 spiro atoms.